The Kier molecular flexibility index (Phi) is 11.3. The van der Waals surface area contributed by atoms with Crippen LogP contribution in [0.15, 0.2) is 17.1 Å². The minimum absolute atomic E-state index is 0.276. The van der Waals surface area contributed by atoms with Crippen LogP contribution in [0, 0.1) is 0 Å². The molecule has 0 radical (unpaired) electrons. The van der Waals surface area contributed by atoms with Crippen molar-refractivity contribution in [3.05, 3.63) is 12.2 Å². The van der Waals surface area contributed by atoms with Crippen LogP contribution in [0.4, 0.5) is 0 Å². The van der Waals surface area contributed by atoms with Crippen molar-refractivity contribution >= 4 is 6.21 Å². The van der Waals surface area contributed by atoms with E-state index >= 15 is 0 Å². The lowest BCUT2D eigenvalue weighted by Gasteiger charge is -2.37. The molecule has 0 aromatic carbocycles. The van der Waals surface area contributed by atoms with Crippen LogP contribution in [0.1, 0.15) is 78.1 Å². The van der Waals surface area contributed by atoms with Crippen molar-refractivity contribution in [2.75, 3.05) is 26.2 Å². The van der Waals surface area contributed by atoms with Crippen molar-refractivity contribution in [1.82, 2.24) is 0 Å². The third-order valence-electron chi connectivity index (χ3n) is 5.25. The van der Waals surface area contributed by atoms with E-state index in [9.17, 15) is 5.11 Å². The molecule has 1 heterocycles. The summed E-state index contributed by atoms with van der Waals surface area (Å²) in [4.78, 5) is 4.69. The smallest absolute Gasteiger partial charge is 0.182 e. The number of aliphatic hydroxyl groups is 1. The standard InChI is InChI=1S/C20H39N2O/c1-3-5-6-7-8-9-10-11-12-13-14-15-20-21-16-17-22(20,4-2)18-19-23/h8-9,16,20,23H,3-7,10-15,17-19H2,1-2H3/q+1/b9-8+. The first-order chi connectivity index (χ1) is 11.3. The van der Waals surface area contributed by atoms with Gasteiger partial charge < -0.3 is 5.11 Å². The molecule has 3 heteroatoms. The zero-order valence-electron chi connectivity index (χ0n) is 15.6. The molecular weight excluding hydrogens is 284 g/mol. The van der Waals surface area contributed by atoms with Crippen LogP contribution >= 0.6 is 0 Å². The van der Waals surface area contributed by atoms with Gasteiger partial charge in [-0.25, -0.2) is 4.99 Å². The molecule has 1 N–H and O–H groups in total. The van der Waals surface area contributed by atoms with E-state index < -0.39 is 0 Å². The molecule has 0 amide bonds. The maximum absolute atomic E-state index is 9.32. The molecule has 0 bridgehead atoms. The zero-order valence-corrected chi connectivity index (χ0v) is 15.6. The van der Waals surface area contributed by atoms with E-state index in [1.54, 1.807) is 0 Å². The summed E-state index contributed by atoms with van der Waals surface area (Å²) in [5.41, 5.74) is 0. The van der Waals surface area contributed by atoms with Gasteiger partial charge in [0.15, 0.2) is 6.17 Å². The molecule has 0 aromatic heterocycles. The number of likely N-dealkylation sites (N-methyl/N-ethyl adjacent to an activating group) is 1. The normalized spacial score (nSPS) is 24.0. The third-order valence-corrected chi connectivity index (χ3v) is 5.25. The highest BCUT2D eigenvalue weighted by Gasteiger charge is 2.36. The first kappa shape index (κ1) is 20.4. The lowest BCUT2D eigenvalue weighted by atomic mass is 10.1. The first-order valence-corrected chi connectivity index (χ1v) is 9.92. The topological polar surface area (TPSA) is 32.6 Å². The number of quaternary nitrogens is 1. The summed E-state index contributed by atoms with van der Waals surface area (Å²) in [5.74, 6) is 0. The average Bonchev–Trinajstić information content (AvgIpc) is 2.96. The number of allylic oxidation sites excluding steroid dienone is 2. The van der Waals surface area contributed by atoms with Gasteiger partial charge in [-0.1, -0.05) is 44.8 Å². The number of unbranched alkanes of at least 4 members (excludes halogenated alkanes) is 7. The molecule has 0 fully saturated rings. The predicted molar refractivity (Wildman–Crippen MR) is 101 cm³/mol. The molecule has 0 aliphatic carbocycles. The van der Waals surface area contributed by atoms with E-state index in [1.165, 1.54) is 64.2 Å². The average molecular weight is 324 g/mol. The van der Waals surface area contributed by atoms with Gasteiger partial charge in [0.2, 0.25) is 0 Å². The van der Waals surface area contributed by atoms with Crippen molar-refractivity contribution in [2.45, 2.75) is 84.2 Å². The molecule has 1 aliphatic heterocycles. The second-order valence-corrected chi connectivity index (χ2v) is 6.94. The third kappa shape index (κ3) is 7.63. The summed E-state index contributed by atoms with van der Waals surface area (Å²) in [6, 6.07) is 0. The second-order valence-electron chi connectivity index (χ2n) is 6.94. The lowest BCUT2D eigenvalue weighted by Crippen LogP contribution is -2.53. The predicted octanol–water partition coefficient (Wildman–Crippen LogP) is 4.70. The highest BCUT2D eigenvalue weighted by atomic mass is 16.3. The van der Waals surface area contributed by atoms with Gasteiger partial charge in [0.1, 0.15) is 13.1 Å². The van der Waals surface area contributed by atoms with E-state index in [-0.39, 0.29) is 6.61 Å². The SMILES string of the molecule is CCCCC/C=C/CCCCCCC1N=CC[N+]1(CC)CCO. The molecular formula is C20H39N2O+. The number of rotatable bonds is 14. The van der Waals surface area contributed by atoms with Gasteiger partial charge >= 0.3 is 0 Å². The molecule has 2 unspecified atom stereocenters. The Balaban J connectivity index is 2.05. The minimum Gasteiger partial charge on any atom is -0.391 e. The summed E-state index contributed by atoms with van der Waals surface area (Å²) in [6.45, 7) is 7.69. The monoisotopic (exact) mass is 323 g/mol. The number of hydrogen-bond donors (Lipinski definition) is 1. The Hall–Kier alpha value is -0.670. The van der Waals surface area contributed by atoms with Gasteiger partial charge in [0.25, 0.3) is 0 Å². The number of nitrogens with zero attached hydrogens (tertiary/aromatic N) is 2. The van der Waals surface area contributed by atoms with E-state index in [4.69, 9.17) is 0 Å². The maximum atomic E-state index is 9.32. The molecule has 0 saturated carbocycles. The molecule has 3 nitrogen and oxygen atoms in total. The van der Waals surface area contributed by atoms with Crippen LogP contribution < -0.4 is 0 Å². The number of aliphatic hydroxyl groups excluding tert-OH is 1. The molecule has 134 valence electrons. The van der Waals surface area contributed by atoms with Crippen LogP contribution in [-0.2, 0) is 0 Å². The molecule has 0 aromatic rings. The van der Waals surface area contributed by atoms with Gasteiger partial charge in [0, 0.05) is 6.42 Å². The highest BCUT2D eigenvalue weighted by Crippen LogP contribution is 2.23. The van der Waals surface area contributed by atoms with Crippen LogP contribution in [0.25, 0.3) is 0 Å². The lowest BCUT2D eigenvalue weighted by molar-refractivity contribution is -0.936. The van der Waals surface area contributed by atoms with Crippen LogP contribution in [0.5, 0.6) is 0 Å². The van der Waals surface area contributed by atoms with Gasteiger partial charge in [0.05, 0.1) is 19.4 Å². The van der Waals surface area contributed by atoms with Gasteiger partial charge in [-0.2, -0.15) is 0 Å². The summed E-state index contributed by atoms with van der Waals surface area (Å²) in [7, 11) is 0. The summed E-state index contributed by atoms with van der Waals surface area (Å²) in [5, 5.41) is 9.32. The van der Waals surface area contributed by atoms with Crippen molar-refractivity contribution in [2.24, 2.45) is 4.99 Å². The Morgan fingerprint density at radius 1 is 1.04 bits per heavy atom. The Morgan fingerprint density at radius 2 is 1.74 bits per heavy atom. The number of aliphatic imine (C=N–C) groups is 1. The number of hydrogen-bond acceptors (Lipinski definition) is 2. The Labute approximate surface area is 144 Å². The fourth-order valence-electron chi connectivity index (χ4n) is 3.57. The van der Waals surface area contributed by atoms with Crippen LogP contribution in [-0.4, -0.2) is 48.2 Å². The zero-order chi connectivity index (χ0) is 16.8. The van der Waals surface area contributed by atoms with E-state index in [1.807, 2.05) is 0 Å². The van der Waals surface area contributed by atoms with Crippen molar-refractivity contribution in [1.29, 1.82) is 0 Å². The summed E-state index contributed by atoms with van der Waals surface area (Å²) in [6.07, 6.45) is 20.2. The summed E-state index contributed by atoms with van der Waals surface area (Å²) >= 11 is 0. The summed E-state index contributed by atoms with van der Waals surface area (Å²) < 4.78 is 0.969. The minimum atomic E-state index is 0.276. The molecule has 0 spiro atoms. The Morgan fingerprint density at radius 3 is 2.39 bits per heavy atom. The van der Waals surface area contributed by atoms with Gasteiger partial charge in [-0.3, -0.25) is 4.48 Å². The van der Waals surface area contributed by atoms with Crippen LogP contribution in [0.3, 0.4) is 0 Å². The quantitative estimate of drug-likeness (QED) is 0.280. The van der Waals surface area contributed by atoms with Crippen LogP contribution in [0.2, 0.25) is 0 Å². The van der Waals surface area contributed by atoms with Gasteiger partial charge in [-0.05, 0) is 39.0 Å². The van der Waals surface area contributed by atoms with Crippen molar-refractivity contribution in [3.8, 4) is 0 Å². The van der Waals surface area contributed by atoms with E-state index in [2.05, 4.69) is 37.2 Å². The first-order valence-electron chi connectivity index (χ1n) is 9.92. The molecule has 0 saturated heterocycles. The highest BCUT2D eigenvalue weighted by molar-refractivity contribution is 5.60. The molecule has 1 aliphatic rings. The van der Waals surface area contributed by atoms with Gasteiger partial charge in [-0.15, -0.1) is 0 Å². The molecule has 23 heavy (non-hydrogen) atoms. The van der Waals surface area contributed by atoms with Crippen molar-refractivity contribution < 1.29 is 9.59 Å². The molecule has 1 rings (SSSR count). The van der Waals surface area contributed by atoms with Crippen molar-refractivity contribution in [3.63, 3.8) is 0 Å². The molecule has 2 atom stereocenters. The largest absolute Gasteiger partial charge is 0.391 e. The fraction of sp³-hybridized carbons (Fsp3) is 0.850. The van der Waals surface area contributed by atoms with E-state index in [0.717, 1.165) is 24.1 Å². The maximum Gasteiger partial charge on any atom is 0.182 e. The van der Waals surface area contributed by atoms with E-state index in [0.29, 0.717) is 6.17 Å². The second kappa shape index (κ2) is 12.7. The Bertz CT molecular complexity index is 341. The fourth-order valence-corrected chi connectivity index (χ4v) is 3.57.